The van der Waals surface area contributed by atoms with Gasteiger partial charge in [0.2, 0.25) is 0 Å². The van der Waals surface area contributed by atoms with Crippen molar-refractivity contribution in [3.63, 3.8) is 0 Å². The number of carbonyl (C=O) groups is 1. The van der Waals surface area contributed by atoms with Crippen LogP contribution in [-0.2, 0) is 4.79 Å². The molecule has 0 radical (unpaired) electrons. The molecule has 1 aliphatic rings. The topological polar surface area (TPSA) is 74.8 Å². The van der Waals surface area contributed by atoms with Crippen molar-refractivity contribution < 1.29 is 15.0 Å². The quantitative estimate of drug-likeness (QED) is 0.914. The summed E-state index contributed by atoms with van der Waals surface area (Å²) in [5.41, 5.74) is 0.0901. The molecule has 0 aliphatic heterocycles. The van der Waals surface area contributed by atoms with Crippen LogP contribution in [0.15, 0.2) is 24.7 Å². The second-order valence-corrected chi connectivity index (χ2v) is 6.15. The van der Waals surface area contributed by atoms with Crippen LogP contribution >= 0.6 is 11.6 Å². The number of aliphatic hydroxyl groups excluding tert-OH is 1. The van der Waals surface area contributed by atoms with Gasteiger partial charge in [0.15, 0.2) is 0 Å². The molecule has 1 fully saturated rings. The number of aliphatic carboxylic acids is 1. The van der Waals surface area contributed by atoms with Gasteiger partial charge in [-0.1, -0.05) is 30.9 Å². The summed E-state index contributed by atoms with van der Waals surface area (Å²) in [4.78, 5) is 15.9. The van der Waals surface area contributed by atoms with Crippen molar-refractivity contribution in [1.82, 2.24) is 9.38 Å². The molecule has 0 aromatic carbocycles. The summed E-state index contributed by atoms with van der Waals surface area (Å²) in [5.74, 6) is -0.942. The van der Waals surface area contributed by atoms with Crippen LogP contribution in [0.5, 0.6) is 0 Å². The number of carboxylic acids is 1. The summed E-state index contributed by atoms with van der Waals surface area (Å²) >= 11 is 6.09. The number of imidazole rings is 1. The lowest BCUT2D eigenvalue weighted by Gasteiger charge is -2.37. The largest absolute Gasteiger partial charge is 0.481 e. The number of hydrogen-bond donors (Lipinski definition) is 2. The van der Waals surface area contributed by atoms with Gasteiger partial charge >= 0.3 is 5.97 Å². The van der Waals surface area contributed by atoms with E-state index in [9.17, 15) is 15.0 Å². The van der Waals surface area contributed by atoms with Crippen molar-refractivity contribution in [3.05, 3.63) is 35.4 Å². The summed E-state index contributed by atoms with van der Waals surface area (Å²) in [7, 11) is 0. The van der Waals surface area contributed by atoms with Gasteiger partial charge in [-0.3, -0.25) is 4.79 Å². The Balaban J connectivity index is 2.11. The smallest absolute Gasteiger partial charge is 0.312 e. The minimum atomic E-state index is -1.14. The van der Waals surface area contributed by atoms with Gasteiger partial charge in [-0.2, -0.15) is 0 Å². The molecule has 0 amide bonds. The Morgan fingerprint density at radius 1 is 1.33 bits per heavy atom. The van der Waals surface area contributed by atoms with Crippen LogP contribution in [0.3, 0.4) is 0 Å². The van der Waals surface area contributed by atoms with Crippen LogP contribution in [0.2, 0.25) is 5.02 Å². The molecule has 2 aromatic rings. The Bertz CT molecular complexity index is 677. The average Bonchev–Trinajstić information content (AvgIpc) is 2.94. The van der Waals surface area contributed by atoms with Crippen LogP contribution in [0, 0.1) is 5.41 Å². The number of pyridine rings is 1. The van der Waals surface area contributed by atoms with Crippen LogP contribution < -0.4 is 0 Å². The molecule has 5 nitrogen and oxygen atoms in total. The fraction of sp³-hybridized carbons (Fsp3) is 0.467. The number of aliphatic hydroxyl groups is 1. The molecule has 6 heteroatoms. The Morgan fingerprint density at radius 3 is 2.71 bits per heavy atom. The molecule has 3 rings (SSSR count). The number of halogens is 1. The number of carboxylic acid groups (broad SMARTS) is 1. The van der Waals surface area contributed by atoms with E-state index in [0.717, 1.165) is 24.8 Å². The van der Waals surface area contributed by atoms with E-state index >= 15 is 0 Å². The zero-order chi connectivity index (χ0) is 15.0. The first-order valence-electron chi connectivity index (χ1n) is 7.07. The molecule has 21 heavy (non-hydrogen) atoms. The molecule has 1 aliphatic carbocycles. The number of fused-ring (bicyclic) bond motifs is 1. The first-order valence-corrected chi connectivity index (χ1v) is 7.45. The fourth-order valence-electron chi connectivity index (χ4n) is 3.30. The van der Waals surface area contributed by atoms with Gasteiger partial charge in [-0.05, 0) is 25.0 Å². The summed E-state index contributed by atoms with van der Waals surface area (Å²) in [6.45, 7) is 0. The first-order chi connectivity index (χ1) is 10.0. The highest BCUT2D eigenvalue weighted by Gasteiger charge is 2.47. The van der Waals surface area contributed by atoms with Crippen LogP contribution in [0.25, 0.3) is 5.52 Å². The molecule has 2 N–H and O–H groups in total. The lowest BCUT2D eigenvalue weighted by molar-refractivity contribution is -0.160. The second kappa shape index (κ2) is 5.31. The van der Waals surface area contributed by atoms with Gasteiger partial charge in [0.1, 0.15) is 6.10 Å². The number of rotatable bonds is 3. The van der Waals surface area contributed by atoms with E-state index in [2.05, 4.69) is 4.98 Å². The van der Waals surface area contributed by atoms with E-state index in [1.54, 1.807) is 29.1 Å². The third kappa shape index (κ3) is 2.30. The molecule has 0 saturated heterocycles. The van der Waals surface area contributed by atoms with Crippen molar-refractivity contribution in [2.75, 3.05) is 0 Å². The molecule has 0 bridgehead atoms. The van der Waals surface area contributed by atoms with E-state index in [1.165, 1.54) is 0 Å². The Hall–Kier alpha value is -1.59. The highest BCUT2D eigenvalue weighted by atomic mass is 35.5. The van der Waals surface area contributed by atoms with Crippen molar-refractivity contribution in [3.8, 4) is 0 Å². The van der Waals surface area contributed by atoms with Crippen molar-refractivity contribution in [1.29, 1.82) is 0 Å². The Morgan fingerprint density at radius 2 is 2.05 bits per heavy atom. The maximum absolute atomic E-state index is 11.8. The minimum Gasteiger partial charge on any atom is -0.481 e. The number of hydrogen-bond acceptors (Lipinski definition) is 3. The van der Waals surface area contributed by atoms with Crippen molar-refractivity contribution in [2.24, 2.45) is 5.41 Å². The fourth-order valence-corrected chi connectivity index (χ4v) is 3.53. The van der Waals surface area contributed by atoms with Crippen LogP contribution in [0.1, 0.15) is 43.9 Å². The maximum atomic E-state index is 11.8. The van der Waals surface area contributed by atoms with Gasteiger partial charge in [-0.25, -0.2) is 4.98 Å². The van der Waals surface area contributed by atoms with E-state index in [1.807, 2.05) is 0 Å². The summed E-state index contributed by atoms with van der Waals surface area (Å²) in [6, 6.07) is 3.36. The van der Waals surface area contributed by atoms with E-state index in [-0.39, 0.29) is 0 Å². The molecular weight excluding hydrogens is 292 g/mol. The third-order valence-electron chi connectivity index (χ3n) is 4.49. The summed E-state index contributed by atoms with van der Waals surface area (Å²) < 4.78 is 1.70. The molecule has 1 unspecified atom stereocenters. The van der Waals surface area contributed by atoms with Gasteiger partial charge in [0.05, 0.1) is 29.1 Å². The molecule has 1 atom stereocenters. The van der Waals surface area contributed by atoms with Crippen molar-refractivity contribution in [2.45, 2.75) is 38.2 Å². The molecule has 2 heterocycles. The summed E-state index contributed by atoms with van der Waals surface area (Å²) in [6.07, 6.45) is 5.70. The number of nitrogens with zero attached hydrogens (tertiary/aromatic N) is 2. The highest BCUT2D eigenvalue weighted by Crippen LogP contribution is 2.46. The van der Waals surface area contributed by atoms with Gasteiger partial charge in [-0.15, -0.1) is 0 Å². The van der Waals surface area contributed by atoms with Gasteiger partial charge in [0, 0.05) is 5.02 Å². The van der Waals surface area contributed by atoms with Gasteiger partial charge < -0.3 is 14.6 Å². The first kappa shape index (κ1) is 14.4. The minimum absolute atomic E-state index is 0.466. The Labute approximate surface area is 127 Å². The predicted octanol–water partition coefficient (Wildman–Crippen LogP) is 3.06. The third-order valence-corrected chi connectivity index (χ3v) is 4.71. The average molecular weight is 309 g/mol. The lowest BCUT2D eigenvalue weighted by Crippen LogP contribution is -2.40. The van der Waals surface area contributed by atoms with Gasteiger partial charge in [0.25, 0.3) is 0 Å². The molecule has 0 spiro atoms. The van der Waals surface area contributed by atoms with E-state index < -0.39 is 17.5 Å². The van der Waals surface area contributed by atoms with Crippen molar-refractivity contribution >= 4 is 23.1 Å². The molecule has 1 saturated carbocycles. The standard InChI is InChI=1S/C15H17ClN2O3/c16-10-6-11-8-17-9-18(11)12(7-10)13(19)15(14(20)21)4-2-1-3-5-15/h6-9,13,19H,1-5H2,(H,20,21). The zero-order valence-electron chi connectivity index (χ0n) is 11.5. The highest BCUT2D eigenvalue weighted by molar-refractivity contribution is 6.31. The second-order valence-electron chi connectivity index (χ2n) is 5.71. The maximum Gasteiger partial charge on any atom is 0.312 e. The molecule has 2 aromatic heterocycles. The van der Waals surface area contributed by atoms with Crippen LogP contribution in [0.4, 0.5) is 0 Å². The molecular formula is C15H17ClN2O3. The Kier molecular flexibility index (Phi) is 3.63. The normalized spacial score (nSPS) is 19.5. The number of aromatic nitrogens is 2. The lowest BCUT2D eigenvalue weighted by atomic mass is 9.69. The van der Waals surface area contributed by atoms with E-state index in [0.29, 0.717) is 23.6 Å². The van der Waals surface area contributed by atoms with E-state index in [4.69, 9.17) is 11.6 Å². The molecule has 112 valence electrons. The van der Waals surface area contributed by atoms with Crippen LogP contribution in [-0.4, -0.2) is 25.6 Å². The predicted molar refractivity (Wildman–Crippen MR) is 78.3 cm³/mol. The summed E-state index contributed by atoms with van der Waals surface area (Å²) in [5, 5.41) is 21.0. The SMILES string of the molecule is O=C(O)C1(C(O)c2cc(Cl)cc3cncn23)CCCCC1. The monoisotopic (exact) mass is 308 g/mol. The zero-order valence-corrected chi connectivity index (χ0v) is 12.3.